The molecule has 0 unspecified atom stereocenters. The molecule has 2 aromatic carbocycles. The second-order valence-corrected chi connectivity index (χ2v) is 6.47. The Morgan fingerprint density at radius 1 is 1.12 bits per heavy atom. The van der Waals surface area contributed by atoms with Gasteiger partial charge in [-0.1, -0.05) is 54.2 Å². The van der Waals surface area contributed by atoms with Crippen LogP contribution in [0.25, 0.3) is 11.0 Å². The SMILES string of the molecule is CCn1c(=O)c(SCC(=O)NCc2ccccc2)nc2ccccc21. The summed E-state index contributed by atoms with van der Waals surface area (Å²) >= 11 is 1.18. The average Bonchev–Trinajstić information content (AvgIpc) is 2.65. The first-order valence-electron chi connectivity index (χ1n) is 8.12. The van der Waals surface area contributed by atoms with E-state index < -0.39 is 0 Å². The van der Waals surface area contributed by atoms with Gasteiger partial charge in [-0.25, -0.2) is 4.98 Å². The predicted molar refractivity (Wildman–Crippen MR) is 101 cm³/mol. The molecule has 0 spiro atoms. The van der Waals surface area contributed by atoms with Gasteiger partial charge < -0.3 is 9.88 Å². The first kappa shape index (κ1) is 17.2. The third-order valence-corrected chi connectivity index (χ3v) is 4.76. The van der Waals surface area contributed by atoms with Crippen LogP contribution in [0.15, 0.2) is 64.4 Å². The Morgan fingerprint density at radius 3 is 2.60 bits per heavy atom. The molecular weight excluding hydrogens is 334 g/mol. The van der Waals surface area contributed by atoms with Crippen molar-refractivity contribution in [2.24, 2.45) is 0 Å². The van der Waals surface area contributed by atoms with E-state index in [0.717, 1.165) is 16.6 Å². The number of carbonyl (C=O) groups is 1. The van der Waals surface area contributed by atoms with E-state index in [1.165, 1.54) is 11.8 Å². The van der Waals surface area contributed by atoms with Gasteiger partial charge in [0, 0.05) is 13.1 Å². The molecule has 0 saturated carbocycles. The number of hydrogen-bond acceptors (Lipinski definition) is 4. The van der Waals surface area contributed by atoms with Crippen molar-refractivity contribution in [3.05, 3.63) is 70.5 Å². The third-order valence-electron chi connectivity index (χ3n) is 3.81. The number of para-hydroxylation sites is 2. The Labute approximate surface area is 150 Å². The van der Waals surface area contributed by atoms with Gasteiger partial charge in [-0.05, 0) is 24.6 Å². The second-order valence-electron chi connectivity index (χ2n) is 5.51. The lowest BCUT2D eigenvalue weighted by Gasteiger charge is -2.10. The number of fused-ring (bicyclic) bond motifs is 1. The molecule has 6 heteroatoms. The van der Waals surface area contributed by atoms with Crippen molar-refractivity contribution in [1.82, 2.24) is 14.9 Å². The number of aryl methyl sites for hydroxylation is 1. The van der Waals surface area contributed by atoms with Crippen molar-refractivity contribution in [2.75, 3.05) is 5.75 Å². The first-order chi connectivity index (χ1) is 12.2. The second kappa shape index (κ2) is 7.98. The van der Waals surface area contributed by atoms with Crippen molar-refractivity contribution in [3.8, 4) is 0 Å². The molecule has 3 aromatic rings. The average molecular weight is 353 g/mol. The summed E-state index contributed by atoms with van der Waals surface area (Å²) in [6.45, 7) is 2.97. The number of amides is 1. The molecule has 0 atom stereocenters. The quantitative estimate of drug-likeness (QED) is 0.692. The Bertz CT molecular complexity index is 938. The molecule has 1 amide bonds. The third kappa shape index (κ3) is 4.09. The van der Waals surface area contributed by atoms with E-state index in [1.807, 2.05) is 61.5 Å². The molecule has 1 aromatic heterocycles. The van der Waals surface area contributed by atoms with Crippen molar-refractivity contribution < 1.29 is 4.79 Å². The molecule has 0 fully saturated rings. The van der Waals surface area contributed by atoms with Gasteiger partial charge >= 0.3 is 0 Å². The fourth-order valence-electron chi connectivity index (χ4n) is 2.56. The number of thioether (sulfide) groups is 1. The van der Waals surface area contributed by atoms with Gasteiger partial charge in [-0.3, -0.25) is 9.59 Å². The van der Waals surface area contributed by atoms with E-state index in [4.69, 9.17) is 0 Å². The van der Waals surface area contributed by atoms with Crippen LogP contribution >= 0.6 is 11.8 Å². The van der Waals surface area contributed by atoms with Crippen molar-refractivity contribution in [2.45, 2.75) is 25.0 Å². The van der Waals surface area contributed by atoms with Gasteiger partial charge in [-0.2, -0.15) is 0 Å². The van der Waals surface area contributed by atoms with Crippen LogP contribution in [0.3, 0.4) is 0 Å². The molecule has 0 saturated heterocycles. The minimum absolute atomic E-state index is 0.119. The molecule has 1 N–H and O–H groups in total. The number of nitrogens with zero attached hydrogens (tertiary/aromatic N) is 2. The zero-order chi connectivity index (χ0) is 17.6. The summed E-state index contributed by atoms with van der Waals surface area (Å²) in [6.07, 6.45) is 0. The number of rotatable bonds is 6. The van der Waals surface area contributed by atoms with Crippen LogP contribution in [-0.4, -0.2) is 21.2 Å². The van der Waals surface area contributed by atoms with E-state index >= 15 is 0 Å². The highest BCUT2D eigenvalue weighted by molar-refractivity contribution is 7.99. The molecular formula is C19H19N3O2S. The summed E-state index contributed by atoms with van der Waals surface area (Å²) in [4.78, 5) is 29.0. The normalized spacial score (nSPS) is 10.8. The largest absolute Gasteiger partial charge is 0.351 e. The molecule has 0 bridgehead atoms. The highest BCUT2D eigenvalue weighted by Gasteiger charge is 2.12. The Balaban J connectivity index is 1.69. The van der Waals surface area contributed by atoms with Gasteiger partial charge in [0.05, 0.1) is 16.8 Å². The highest BCUT2D eigenvalue weighted by Crippen LogP contribution is 2.16. The van der Waals surface area contributed by atoms with Gasteiger partial charge in [0.25, 0.3) is 5.56 Å². The molecule has 3 rings (SSSR count). The number of carbonyl (C=O) groups excluding carboxylic acids is 1. The highest BCUT2D eigenvalue weighted by atomic mass is 32.2. The van der Waals surface area contributed by atoms with E-state index in [1.54, 1.807) is 4.57 Å². The van der Waals surface area contributed by atoms with E-state index in [-0.39, 0.29) is 17.2 Å². The Morgan fingerprint density at radius 2 is 1.84 bits per heavy atom. The summed E-state index contributed by atoms with van der Waals surface area (Å²) in [5.41, 5.74) is 2.46. The van der Waals surface area contributed by atoms with Crippen molar-refractivity contribution in [3.63, 3.8) is 0 Å². The fraction of sp³-hybridized carbons (Fsp3) is 0.211. The zero-order valence-corrected chi connectivity index (χ0v) is 14.8. The van der Waals surface area contributed by atoms with E-state index in [9.17, 15) is 9.59 Å². The predicted octanol–water partition coefficient (Wildman–Crippen LogP) is 2.82. The Hall–Kier alpha value is -2.60. The summed E-state index contributed by atoms with van der Waals surface area (Å²) < 4.78 is 1.69. The van der Waals surface area contributed by atoms with Crippen molar-refractivity contribution in [1.29, 1.82) is 0 Å². The lowest BCUT2D eigenvalue weighted by atomic mass is 10.2. The van der Waals surface area contributed by atoms with Gasteiger partial charge in [0.2, 0.25) is 5.91 Å². The lowest BCUT2D eigenvalue weighted by molar-refractivity contribution is -0.118. The summed E-state index contributed by atoms with van der Waals surface area (Å²) in [7, 11) is 0. The summed E-state index contributed by atoms with van der Waals surface area (Å²) in [6, 6.07) is 17.3. The molecule has 5 nitrogen and oxygen atoms in total. The minimum atomic E-state index is -0.151. The van der Waals surface area contributed by atoms with Crippen LogP contribution in [0.5, 0.6) is 0 Å². The minimum Gasteiger partial charge on any atom is -0.351 e. The molecule has 0 aliphatic carbocycles. The molecule has 1 heterocycles. The van der Waals surface area contributed by atoms with Gasteiger partial charge in [0.1, 0.15) is 0 Å². The summed E-state index contributed by atoms with van der Waals surface area (Å²) in [5, 5.41) is 3.21. The van der Waals surface area contributed by atoms with Gasteiger partial charge in [0.15, 0.2) is 5.03 Å². The monoisotopic (exact) mass is 353 g/mol. The van der Waals surface area contributed by atoms with E-state index in [2.05, 4.69) is 10.3 Å². The van der Waals surface area contributed by atoms with Crippen LogP contribution < -0.4 is 10.9 Å². The first-order valence-corrected chi connectivity index (χ1v) is 9.10. The van der Waals surface area contributed by atoms with E-state index in [0.29, 0.717) is 18.1 Å². The smallest absolute Gasteiger partial charge is 0.283 e. The molecule has 25 heavy (non-hydrogen) atoms. The number of benzene rings is 2. The lowest BCUT2D eigenvalue weighted by Crippen LogP contribution is -2.26. The van der Waals surface area contributed by atoms with Crippen molar-refractivity contribution >= 4 is 28.7 Å². The number of hydrogen-bond donors (Lipinski definition) is 1. The Kier molecular flexibility index (Phi) is 5.50. The van der Waals surface area contributed by atoms with Gasteiger partial charge in [-0.15, -0.1) is 0 Å². The van der Waals surface area contributed by atoms with Crippen LogP contribution in [0.2, 0.25) is 0 Å². The van der Waals surface area contributed by atoms with Crippen LogP contribution in [0.4, 0.5) is 0 Å². The maximum absolute atomic E-state index is 12.6. The van der Waals surface area contributed by atoms with Crippen LogP contribution in [0.1, 0.15) is 12.5 Å². The zero-order valence-electron chi connectivity index (χ0n) is 13.9. The molecule has 0 aliphatic rings. The molecule has 0 radical (unpaired) electrons. The summed E-state index contributed by atoms with van der Waals surface area (Å²) in [5.74, 6) is 0.0446. The standard InChI is InChI=1S/C19H19N3O2S/c1-2-22-16-11-7-6-10-15(16)21-18(19(22)24)25-13-17(23)20-12-14-8-4-3-5-9-14/h3-11H,2,12-13H2,1H3,(H,20,23). The number of aromatic nitrogens is 2. The molecule has 0 aliphatic heterocycles. The maximum atomic E-state index is 12.6. The number of nitrogens with one attached hydrogen (secondary N) is 1. The maximum Gasteiger partial charge on any atom is 0.283 e. The fourth-order valence-corrected chi connectivity index (χ4v) is 3.32. The molecule has 128 valence electrons. The van der Waals surface area contributed by atoms with Crippen LogP contribution in [0, 0.1) is 0 Å². The van der Waals surface area contributed by atoms with Crippen LogP contribution in [-0.2, 0) is 17.9 Å². The topological polar surface area (TPSA) is 64.0 Å².